The maximum atomic E-state index is 13.8. The number of rotatable bonds is 6. The molecule has 0 radical (unpaired) electrons. The van der Waals surface area contributed by atoms with Gasteiger partial charge in [-0.05, 0) is 81.3 Å². The maximum absolute atomic E-state index is 13.8. The molecule has 4 rings (SSSR count). The lowest BCUT2D eigenvalue weighted by Gasteiger charge is -2.31. The van der Waals surface area contributed by atoms with Crippen molar-refractivity contribution >= 4 is 44.2 Å². The third-order valence-corrected chi connectivity index (χ3v) is 6.59. The number of hydrogen-bond donors (Lipinski definition) is 0. The highest BCUT2D eigenvalue weighted by atomic mass is 35.5. The maximum Gasteiger partial charge on any atom is 0.272 e. The van der Waals surface area contributed by atoms with Gasteiger partial charge in [0.2, 0.25) is 0 Å². The lowest BCUT2D eigenvalue weighted by Crippen LogP contribution is -2.49. The molecule has 0 saturated heterocycles. The van der Waals surface area contributed by atoms with E-state index >= 15 is 0 Å². The predicted molar refractivity (Wildman–Crippen MR) is 131 cm³/mol. The van der Waals surface area contributed by atoms with Gasteiger partial charge in [0.25, 0.3) is 5.91 Å². The predicted octanol–water partition coefficient (Wildman–Crippen LogP) is 6.35. The molecular formula is C25H24ClN3O2S. The monoisotopic (exact) mass is 465 g/mol. The molecule has 2 heterocycles. The van der Waals surface area contributed by atoms with Crippen LogP contribution in [0.2, 0.25) is 5.02 Å². The van der Waals surface area contributed by atoms with Crippen LogP contribution < -0.4 is 9.64 Å². The number of fused-ring (bicyclic) bond motifs is 1. The first-order valence-electron chi connectivity index (χ1n) is 10.3. The van der Waals surface area contributed by atoms with Crippen molar-refractivity contribution in [2.24, 2.45) is 0 Å². The Hall–Kier alpha value is -2.96. The molecule has 5 nitrogen and oxygen atoms in total. The van der Waals surface area contributed by atoms with Gasteiger partial charge in [-0.15, -0.1) is 0 Å². The van der Waals surface area contributed by atoms with Crippen molar-refractivity contribution in [1.29, 1.82) is 0 Å². The number of amides is 1. The van der Waals surface area contributed by atoms with E-state index in [0.717, 1.165) is 21.5 Å². The van der Waals surface area contributed by atoms with Crippen molar-refractivity contribution in [3.05, 3.63) is 82.6 Å². The van der Waals surface area contributed by atoms with Gasteiger partial charge < -0.3 is 4.74 Å². The van der Waals surface area contributed by atoms with Gasteiger partial charge in [0, 0.05) is 11.2 Å². The second-order valence-electron chi connectivity index (χ2n) is 8.13. The average molecular weight is 466 g/mol. The van der Waals surface area contributed by atoms with Gasteiger partial charge in [0.15, 0.2) is 10.7 Å². The molecule has 0 unspecified atom stereocenters. The first-order valence-corrected chi connectivity index (χ1v) is 11.5. The number of nitrogens with zero attached hydrogens (tertiary/aromatic N) is 3. The summed E-state index contributed by atoms with van der Waals surface area (Å²) in [5, 5.41) is 1.23. The van der Waals surface area contributed by atoms with Crippen molar-refractivity contribution in [2.75, 3.05) is 4.90 Å². The molecular weight excluding hydrogens is 442 g/mol. The molecule has 7 heteroatoms. The number of thiazole rings is 1. The molecule has 0 atom stereocenters. The van der Waals surface area contributed by atoms with Crippen LogP contribution in [-0.2, 0) is 11.3 Å². The normalized spacial score (nSPS) is 11.5. The quantitative estimate of drug-likeness (QED) is 0.333. The Morgan fingerprint density at radius 1 is 1.09 bits per heavy atom. The molecule has 0 aliphatic heterocycles. The molecule has 0 fully saturated rings. The summed E-state index contributed by atoms with van der Waals surface area (Å²) in [4.78, 5) is 24.7. The van der Waals surface area contributed by atoms with Gasteiger partial charge in [-0.2, -0.15) is 0 Å². The molecule has 4 aromatic rings. The molecule has 0 spiro atoms. The molecule has 0 bridgehead atoms. The largest absolute Gasteiger partial charge is 0.478 e. The van der Waals surface area contributed by atoms with E-state index in [0.29, 0.717) is 22.4 Å². The first kappa shape index (κ1) is 22.2. The van der Waals surface area contributed by atoms with Crippen LogP contribution in [0.25, 0.3) is 10.2 Å². The van der Waals surface area contributed by atoms with Crippen LogP contribution in [-0.4, -0.2) is 21.5 Å². The summed E-state index contributed by atoms with van der Waals surface area (Å²) in [5.74, 6) is 0.368. The second kappa shape index (κ2) is 8.88. The van der Waals surface area contributed by atoms with E-state index in [1.807, 2.05) is 18.2 Å². The third-order valence-electron chi connectivity index (χ3n) is 5.30. The number of benzene rings is 2. The molecule has 1 amide bonds. The molecule has 0 N–H and O–H groups in total. The number of carbonyl (C=O) groups excluding carboxylic acids is 1. The lowest BCUT2D eigenvalue weighted by atomic mass is 10.1. The van der Waals surface area contributed by atoms with Crippen LogP contribution in [0, 0.1) is 13.8 Å². The summed E-state index contributed by atoms with van der Waals surface area (Å²) in [7, 11) is 0. The molecule has 164 valence electrons. The van der Waals surface area contributed by atoms with Gasteiger partial charge >= 0.3 is 0 Å². The number of hydrogen-bond acceptors (Lipinski definition) is 5. The van der Waals surface area contributed by atoms with Crippen LogP contribution in [0.15, 0.2) is 60.8 Å². The number of halogens is 1. The summed E-state index contributed by atoms with van der Waals surface area (Å²) in [6.07, 6.45) is 1.72. The zero-order valence-electron chi connectivity index (χ0n) is 18.4. The molecule has 0 aliphatic carbocycles. The van der Waals surface area contributed by atoms with E-state index in [-0.39, 0.29) is 5.91 Å². The minimum atomic E-state index is -1.13. The van der Waals surface area contributed by atoms with Crippen LogP contribution in [0.4, 0.5) is 5.13 Å². The highest BCUT2D eigenvalue weighted by molar-refractivity contribution is 7.22. The van der Waals surface area contributed by atoms with Crippen molar-refractivity contribution < 1.29 is 9.53 Å². The fraction of sp³-hybridized carbons (Fsp3) is 0.240. The molecule has 0 saturated carbocycles. The van der Waals surface area contributed by atoms with Crippen molar-refractivity contribution in [3.8, 4) is 5.75 Å². The van der Waals surface area contributed by atoms with E-state index in [1.165, 1.54) is 16.9 Å². The van der Waals surface area contributed by atoms with Crippen molar-refractivity contribution in [3.63, 3.8) is 0 Å². The highest BCUT2D eigenvalue weighted by Gasteiger charge is 2.36. The minimum Gasteiger partial charge on any atom is -0.478 e. The van der Waals surface area contributed by atoms with Crippen molar-refractivity contribution in [2.45, 2.75) is 39.8 Å². The van der Waals surface area contributed by atoms with Crippen LogP contribution in [0.3, 0.4) is 0 Å². The Labute approximate surface area is 196 Å². The smallest absolute Gasteiger partial charge is 0.272 e. The summed E-state index contributed by atoms with van der Waals surface area (Å²) in [5.41, 5.74) is 2.84. The Morgan fingerprint density at radius 2 is 1.84 bits per heavy atom. The molecule has 32 heavy (non-hydrogen) atoms. The van der Waals surface area contributed by atoms with Gasteiger partial charge in [-0.25, -0.2) is 4.98 Å². The van der Waals surface area contributed by atoms with Gasteiger partial charge in [0.05, 0.1) is 22.5 Å². The van der Waals surface area contributed by atoms with Crippen LogP contribution in [0.5, 0.6) is 5.75 Å². The average Bonchev–Trinajstić information content (AvgIpc) is 3.21. The number of aryl methyl sites for hydroxylation is 2. The number of carbonyl (C=O) groups is 1. The number of pyridine rings is 1. The van der Waals surface area contributed by atoms with E-state index in [4.69, 9.17) is 21.3 Å². The first-order chi connectivity index (χ1) is 15.2. The number of aromatic nitrogens is 2. The summed E-state index contributed by atoms with van der Waals surface area (Å²) in [6, 6.07) is 16.8. The standard InChI is InChI=1S/C25H24ClN3O2S/c1-16-8-13-21-22(17(16)2)28-24(32-21)29(15-19-7-5-6-14-27-19)23(30)25(3,4)31-20-11-9-18(26)10-12-20/h5-14H,15H2,1-4H3. The molecule has 2 aromatic heterocycles. The zero-order valence-corrected chi connectivity index (χ0v) is 20.0. The highest BCUT2D eigenvalue weighted by Crippen LogP contribution is 2.34. The van der Waals surface area contributed by atoms with E-state index in [1.54, 1.807) is 49.2 Å². The minimum absolute atomic E-state index is 0.202. The fourth-order valence-electron chi connectivity index (χ4n) is 3.38. The Kier molecular flexibility index (Phi) is 6.17. The number of anilines is 1. The Morgan fingerprint density at radius 3 is 2.53 bits per heavy atom. The summed E-state index contributed by atoms with van der Waals surface area (Å²) in [6.45, 7) is 7.94. The van der Waals surface area contributed by atoms with E-state index in [9.17, 15) is 4.79 Å². The Balaban J connectivity index is 1.72. The third kappa shape index (κ3) is 4.61. The SMILES string of the molecule is Cc1ccc2sc(N(Cc3ccccn3)C(=O)C(C)(C)Oc3ccc(Cl)cc3)nc2c1C. The van der Waals surface area contributed by atoms with Gasteiger partial charge in [0.1, 0.15) is 5.75 Å². The zero-order chi connectivity index (χ0) is 22.9. The number of ether oxygens (including phenoxy) is 1. The topological polar surface area (TPSA) is 55.3 Å². The van der Waals surface area contributed by atoms with Crippen molar-refractivity contribution in [1.82, 2.24) is 9.97 Å². The molecule has 0 aliphatic rings. The van der Waals surface area contributed by atoms with E-state index < -0.39 is 5.60 Å². The van der Waals surface area contributed by atoms with E-state index in [2.05, 4.69) is 31.0 Å². The summed E-state index contributed by atoms with van der Waals surface area (Å²) < 4.78 is 7.12. The second-order valence-corrected chi connectivity index (χ2v) is 9.57. The van der Waals surface area contributed by atoms with Crippen LogP contribution >= 0.6 is 22.9 Å². The Bertz CT molecular complexity index is 1250. The fourth-order valence-corrected chi connectivity index (χ4v) is 4.52. The molecule has 2 aromatic carbocycles. The van der Waals surface area contributed by atoms with Crippen LogP contribution in [0.1, 0.15) is 30.7 Å². The van der Waals surface area contributed by atoms with Gasteiger partial charge in [-0.1, -0.05) is 35.1 Å². The lowest BCUT2D eigenvalue weighted by molar-refractivity contribution is -0.131. The van der Waals surface area contributed by atoms with Gasteiger partial charge in [-0.3, -0.25) is 14.7 Å². The summed E-state index contributed by atoms with van der Waals surface area (Å²) >= 11 is 7.48.